The van der Waals surface area contributed by atoms with E-state index in [1.807, 2.05) is 18.7 Å². The van der Waals surface area contributed by atoms with Gasteiger partial charge in [0.05, 0.1) is 6.04 Å². The molecule has 0 fully saturated rings. The van der Waals surface area contributed by atoms with Gasteiger partial charge >= 0.3 is 0 Å². The lowest BCUT2D eigenvalue weighted by atomic mass is 9.95. The molecule has 1 N–H and O–H groups in total. The molecule has 1 atom stereocenters. The Labute approximate surface area is 101 Å². The van der Waals surface area contributed by atoms with Gasteiger partial charge in [0.15, 0.2) is 0 Å². The maximum Gasteiger partial charge on any atom is 0.147 e. The summed E-state index contributed by atoms with van der Waals surface area (Å²) in [5.41, 5.74) is 2.81. The molecular formula is C13H16N4. The summed E-state index contributed by atoms with van der Waals surface area (Å²) >= 11 is 0. The Bertz CT molecular complexity index is 544. The number of nitrogens with one attached hydrogen (secondary N) is 1. The van der Waals surface area contributed by atoms with Crippen LogP contribution in [0.15, 0.2) is 24.3 Å². The van der Waals surface area contributed by atoms with Crippen LogP contribution in [-0.4, -0.2) is 14.8 Å². The number of rotatable bonds is 1. The van der Waals surface area contributed by atoms with Crippen molar-refractivity contribution in [3.63, 3.8) is 0 Å². The quantitative estimate of drug-likeness (QED) is 0.804. The molecule has 2 aromatic rings. The molecule has 4 heteroatoms. The van der Waals surface area contributed by atoms with Gasteiger partial charge in [-0.3, -0.25) is 4.68 Å². The molecule has 4 nitrogen and oxygen atoms in total. The Morgan fingerprint density at radius 3 is 2.76 bits per heavy atom. The average Bonchev–Trinajstić information content (AvgIpc) is 2.68. The fraction of sp³-hybridized carbons (Fsp3) is 0.385. The fourth-order valence-electron chi connectivity index (χ4n) is 2.47. The molecule has 0 bridgehead atoms. The summed E-state index contributed by atoms with van der Waals surface area (Å²) in [6, 6.07) is 8.85. The molecule has 3 rings (SSSR count). The summed E-state index contributed by atoms with van der Waals surface area (Å²) in [5, 5.41) is 7.83. The van der Waals surface area contributed by atoms with Gasteiger partial charge in [-0.25, -0.2) is 4.98 Å². The topological polar surface area (TPSA) is 42.7 Å². The molecule has 88 valence electrons. The molecule has 1 aromatic carbocycles. The monoisotopic (exact) mass is 228 g/mol. The zero-order valence-corrected chi connectivity index (χ0v) is 10.1. The van der Waals surface area contributed by atoms with Crippen LogP contribution in [0.4, 0.5) is 0 Å². The minimum Gasteiger partial charge on any atom is -0.303 e. The standard InChI is InChI=1S/C13H16N4/c1-9-15-13(17(2)16-9)12-7-10-5-3-4-6-11(10)8-14-12/h3-6,12,14H,7-8H2,1-2H3. The minimum absolute atomic E-state index is 0.274. The van der Waals surface area contributed by atoms with Crippen LogP contribution >= 0.6 is 0 Å². The zero-order valence-electron chi connectivity index (χ0n) is 10.1. The normalized spacial score (nSPS) is 19.1. The first-order valence-electron chi connectivity index (χ1n) is 5.92. The summed E-state index contributed by atoms with van der Waals surface area (Å²) < 4.78 is 1.88. The van der Waals surface area contributed by atoms with Crippen LogP contribution < -0.4 is 5.32 Å². The first-order chi connectivity index (χ1) is 8.24. The molecule has 0 amide bonds. The largest absolute Gasteiger partial charge is 0.303 e. The van der Waals surface area contributed by atoms with E-state index in [-0.39, 0.29) is 6.04 Å². The number of hydrogen-bond donors (Lipinski definition) is 1. The van der Waals surface area contributed by atoms with Crippen molar-refractivity contribution < 1.29 is 0 Å². The third-order valence-corrected chi connectivity index (χ3v) is 3.30. The first-order valence-corrected chi connectivity index (χ1v) is 5.92. The number of aromatic nitrogens is 3. The molecule has 1 aromatic heterocycles. The third kappa shape index (κ3) is 1.85. The van der Waals surface area contributed by atoms with Crippen molar-refractivity contribution >= 4 is 0 Å². The molecule has 1 unspecified atom stereocenters. The van der Waals surface area contributed by atoms with Crippen LogP contribution in [0.5, 0.6) is 0 Å². The van der Waals surface area contributed by atoms with Gasteiger partial charge < -0.3 is 5.32 Å². The second-order valence-electron chi connectivity index (χ2n) is 4.55. The summed E-state index contributed by atoms with van der Waals surface area (Å²) in [6.07, 6.45) is 0.988. The highest BCUT2D eigenvalue weighted by atomic mass is 15.3. The average molecular weight is 228 g/mol. The van der Waals surface area contributed by atoms with Crippen molar-refractivity contribution in [2.24, 2.45) is 7.05 Å². The molecule has 0 saturated heterocycles. The lowest BCUT2D eigenvalue weighted by Crippen LogP contribution is -2.30. The van der Waals surface area contributed by atoms with E-state index in [2.05, 4.69) is 39.7 Å². The molecule has 1 aliphatic rings. The van der Waals surface area contributed by atoms with Crippen LogP contribution in [-0.2, 0) is 20.0 Å². The summed E-state index contributed by atoms with van der Waals surface area (Å²) in [5.74, 6) is 1.86. The van der Waals surface area contributed by atoms with E-state index in [4.69, 9.17) is 0 Å². The highest BCUT2D eigenvalue weighted by molar-refractivity contribution is 5.30. The van der Waals surface area contributed by atoms with Crippen molar-refractivity contribution in [1.29, 1.82) is 0 Å². The van der Waals surface area contributed by atoms with E-state index >= 15 is 0 Å². The van der Waals surface area contributed by atoms with E-state index < -0.39 is 0 Å². The smallest absolute Gasteiger partial charge is 0.147 e. The first kappa shape index (κ1) is 10.5. The van der Waals surface area contributed by atoms with Crippen LogP contribution in [0, 0.1) is 6.92 Å². The summed E-state index contributed by atoms with van der Waals surface area (Å²) in [7, 11) is 1.96. The van der Waals surface area contributed by atoms with Crippen LogP contribution in [0.1, 0.15) is 28.8 Å². The lowest BCUT2D eigenvalue weighted by Gasteiger charge is -2.25. The SMILES string of the molecule is Cc1nc(C2Cc3ccccc3CN2)n(C)n1. The Balaban J connectivity index is 1.92. The van der Waals surface area contributed by atoms with Gasteiger partial charge in [-0.05, 0) is 24.5 Å². The van der Waals surface area contributed by atoms with E-state index in [1.165, 1.54) is 11.1 Å². The fourth-order valence-corrected chi connectivity index (χ4v) is 2.47. The number of hydrogen-bond acceptors (Lipinski definition) is 3. The van der Waals surface area contributed by atoms with Crippen molar-refractivity contribution in [3.05, 3.63) is 47.0 Å². The van der Waals surface area contributed by atoms with Crippen LogP contribution in [0.3, 0.4) is 0 Å². The molecule has 0 radical (unpaired) electrons. The molecular weight excluding hydrogens is 212 g/mol. The van der Waals surface area contributed by atoms with Crippen LogP contribution in [0.2, 0.25) is 0 Å². The molecule has 0 saturated carbocycles. The third-order valence-electron chi connectivity index (χ3n) is 3.30. The van der Waals surface area contributed by atoms with E-state index in [9.17, 15) is 0 Å². The maximum atomic E-state index is 4.50. The number of nitrogens with zero attached hydrogens (tertiary/aromatic N) is 3. The lowest BCUT2D eigenvalue weighted by molar-refractivity contribution is 0.457. The predicted octanol–water partition coefficient (Wildman–Crippen LogP) is 1.51. The molecule has 0 spiro atoms. The van der Waals surface area contributed by atoms with Crippen LogP contribution in [0.25, 0.3) is 0 Å². The number of aryl methyl sites for hydroxylation is 2. The predicted molar refractivity (Wildman–Crippen MR) is 65.5 cm³/mol. The van der Waals surface area contributed by atoms with Crippen molar-refractivity contribution in [1.82, 2.24) is 20.1 Å². The van der Waals surface area contributed by atoms with Gasteiger partial charge in [-0.1, -0.05) is 24.3 Å². The second kappa shape index (κ2) is 3.96. The number of benzene rings is 1. The Hall–Kier alpha value is -1.68. The van der Waals surface area contributed by atoms with E-state index in [1.54, 1.807) is 0 Å². The second-order valence-corrected chi connectivity index (χ2v) is 4.55. The molecule has 1 aliphatic heterocycles. The van der Waals surface area contributed by atoms with Gasteiger partial charge in [0, 0.05) is 13.6 Å². The van der Waals surface area contributed by atoms with Crippen molar-refractivity contribution in [3.8, 4) is 0 Å². The van der Waals surface area contributed by atoms with E-state index in [0.717, 1.165) is 24.6 Å². The maximum absolute atomic E-state index is 4.50. The van der Waals surface area contributed by atoms with Gasteiger partial charge in [0.25, 0.3) is 0 Å². The zero-order chi connectivity index (χ0) is 11.8. The van der Waals surface area contributed by atoms with E-state index in [0.29, 0.717) is 0 Å². The summed E-state index contributed by atoms with van der Waals surface area (Å²) in [6.45, 7) is 2.84. The highest BCUT2D eigenvalue weighted by Gasteiger charge is 2.22. The Morgan fingerprint density at radius 2 is 2.06 bits per heavy atom. The minimum atomic E-state index is 0.274. The van der Waals surface area contributed by atoms with Gasteiger partial charge in [-0.2, -0.15) is 5.10 Å². The van der Waals surface area contributed by atoms with Crippen molar-refractivity contribution in [2.75, 3.05) is 0 Å². The Kier molecular flexibility index (Phi) is 2.44. The summed E-state index contributed by atoms with van der Waals surface area (Å²) in [4.78, 5) is 4.50. The number of fused-ring (bicyclic) bond motifs is 1. The molecule has 2 heterocycles. The van der Waals surface area contributed by atoms with Gasteiger partial charge in [0.1, 0.15) is 11.6 Å². The van der Waals surface area contributed by atoms with Gasteiger partial charge in [0.2, 0.25) is 0 Å². The van der Waals surface area contributed by atoms with Crippen molar-refractivity contribution in [2.45, 2.75) is 25.9 Å². The highest BCUT2D eigenvalue weighted by Crippen LogP contribution is 2.24. The van der Waals surface area contributed by atoms with Gasteiger partial charge in [-0.15, -0.1) is 0 Å². The Morgan fingerprint density at radius 1 is 1.29 bits per heavy atom. The molecule has 0 aliphatic carbocycles. The molecule has 17 heavy (non-hydrogen) atoms.